The predicted molar refractivity (Wildman–Crippen MR) is 63.3 cm³/mol. The topological polar surface area (TPSA) is 89.3 Å². The van der Waals surface area contributed by atoms with Gasteiger partial charge < -0.3 is 10.9 Å². The van der Waals surface area contributed by atoms with Crippen LogP contribution in [-0.2, 0) is 0 Å². The van der Waals surface area contributed by atoms with Gasteiger partial charge in [0.15, 0.2) is 11.5 Å². The highest BCUT2D eigenvalue weighted by molar-refractivity contribution is 5.96. The number of nitrogens with zero attached hydrogens (tertiary/aromatic N) is 4. The molecule has 0 saturated heterocycles. The zero-order valence-corrected chi connectivity index (χ0v) is 9.62. The third-order valence-corrected chi connectivity index (χ3v) is 2.52. The summed E-state index contributed by atoms with van der Waals surface area (Å²) in [6, 6.07) is 7.85. The fraction of sp³-hybridized carbons (Fsp3) is 0.182. The monoisotopic (exact) mass is 231 g/mol. The lowest BCUT2D eigenvalue weighted by Gasteiger charge is -2.03. The van der Waals surface area contributed by atoms with Gasteiger partial charge in [0.2, 0.25) is 0 Å². The molecule has 6 nitrogen and oxygen atoms in total. The number of benzene rings is 1. The highest BCUT2D eigenvalue weighted by Gasteiger charge is 2.13. The summed E-state index contributed by atoms with van der Waals surface area (Å²) in [6.07, 6.45) is 0. The molecule has 0 spiro atoms. The molecule has 0 radical (unpaired) electrons. The number of aryl methyl sites for hydroxylation is 1. The second-order valence-corrected chi connectivity index (χ2v) is 3.76. The van der Waals surface area contributed by atoms with E-state index in [0.717, 1.165) is 11.4 Å². The SMILES string of the molecule is Cc1ccc(-n2nnc(/C(N)=N/O)c2C)cc1. The Bertz CT molecular complexity index is 556. The van der Waals surface area contributed by atoms with E-state index in [0.29, 0.717) is 5.69 Å². The second kappa shape index (κ2) is 4.25. The summed E-state index contributed by atoms with van der Waals surface area (Å²) in [5.41, 5.74) is 8.66. The van der Waals surface area contributed by atoms with Gasteiger partial charge in [-0.05, 0) is 26.0 Å². The van der Waals surface area contributed by atoms with E-state index >= 15 is 0 Å². The van der Waals surface area contributed by atoms with E-state index in [1.807, 2.05) is 38.1 Å². The molecule has 0 aliphatic heterocycles. The third-order valence-electron chi connectivity index (χ3n) is 2.52. The van der Waals surface area contributed by atoms with E-state index < -0.39 is 0 Å². The molecule has 0 aliphatic rings. The molecule has 3 N–H and O–H groups in total. The van der Waals surface area contributed by atoms with Crippen molar-refractivity contribution < 1.29 is 5.21 Å². The molecule has 2 rings (SSSR count). The Hall–Kier alpha value is -2.37. The second-order valence-electron chi connectivity index (χ2n) is 3.76. The first-order valence-corrected chi connectivity index (χ1v) is 5.10. The van der Waals surface area contributed by atoms with Crippen LogP contribution in [0, 0.1) is 13.8 Å². The summed E-state index contributed by atoms with van der Waals surface area (Å²) >= 11 is 0. The van der Waals surface area contributed by atoms with Gasteiger partial charge in [-0.1, -0.05) is 28.1 Å². The van der Waals surface area contributed by atoms with Crippen LogP contribution in [0.15, 0.2) is 29.4 Å². The molecule has 88 valence electrons. The van der Waals surface area contributed by atoms with E-state index in [1.165, 1.54) is 5.56 Å². The van der Waals surface area contributed by atoms with E-state index in [2.05, 4.69) is 15.5 Å². The molecule has 0 saturated carbocycles. The first kappa shape index (κ1) is 11.1. The van der Waals surface area contributed by atoms with Gasteiger partial charge in [0.05, 0.1) is 11.4 Å². The maximum Gasteiger partial charge on any atom is 0.192 e. The summed E-state index contributed by atoms with van der Waals surface area (Å²) < 4.78 is 1.65. The van der Waals surface area contributed by atoms with Gasteiger partial charge in [0.25, 0.3) is 0 Å². The molecule has 2 aromatic rings. The number of aromatic nitrogens is 3. The zero-order chi connectivity index (χ0) is 12.4. The van der Waals surface area contributed by atoms with Crippen molar-refractivity contribution >= 4 is 5.84 Å². The fourth-order valence-corrected chi connectivity index (χ4v) is 1.54. The molecule has 0 amide bonds. The van der Waals surface area contributed by atoms with Gasteiger partial charge in [-0.2, -0.15) is 0 Å². The van der Waals surface area contributed by atoms with Crippen LogP contribution in [0.2, 0.25) is 0 Å². The minimum Gasteiger partial charge on any atom is -0.409 e. The summed E-state index contributed by atoms with van der Waals surface area (Å²) in [5, 5.41) is 19.4. The average molecular weight is 231 g/mol. The van der Waals surface area contributed by atoms with Gasteiger partial charge in [0, 0.05) is 0 Å². The Kier molecular flexibility index (Phi) is 2.78. The Morgan fingerprint density at radius 3 is 2.53 bits per heavy atom. The van der Waals surface area contributed by atoms with Crippen LogP contribution in [0.5, 0.6) is 0 Å². The van der Waals surface area contributed by atoms with Crippen LogP contribution < -0.4 is 5.73 Å². The third kappa shape index (κ3) is 1.96. The summed E-state index contributed by atoms with van der Waals surface area (Å²) in [6.45, 7) is 3.83. The minimum atomic E-state index is -0.0409. The Morgan fingerprint density at radius 1 is 1.29 bits per heavy atom. The quantitative estimate of drug-likeness (QED) is 0.349. The van der Waals surface area contributed by atoms with Gasteiger partial charge in [0.1, 0.15) is 0 Å². The normalized spacial score (nSPS) is 11.8. The van der Waals surface area contributed by atoms with Crippen molar-refractivity contribution in [2.45, 2.75) is 13.8 Å². The summed E-state index contributed by atoms with van der Waals surface area (Å²) in [4.78, 5) is 0. The van der Waals surface area contributed by atoms with E-state index in [9.17, 15) is 0 Å². The van der Waals surface area contributed by atoms with Crippen LogP contribution >= 0.6 is 0 Å². The highest BCUT2D eigenvalue weighted by Crippen LogP contribution is 2.12. The van der Waals surface area contributed by atoms with Gasteiger partial charge in [-0.25, -0.2) is 4.68 Å². The van der Waals surface area contributed by atoms with Crippen molar-refractivity contribution in [2.24, 2.45) is 10.9 Å². The molecular weight excluding hydrogens is 218 g/mol. The first-order chi connectivity index (χ1) is 8.13. The minimum absolute atomic E-state index is 0.0409. The number of amidine groups is 1. The van der Waals surface area contributed by atoms with Crippen molar-refractivity contribution in [1.29, 1.82) is 0 Å². The smallest absolute Gasteiger partial charge is 0.192 e. The van der Waals surface area contributed by atoms with Crippen molar-refractivity contribution in [1.82, 2.24) is 15.0 Å². The molecule has 17 heavy (non-hydrogen) atoms. The number of hydrogen-bond acceptors (Lipinski definition) is 4. The lowest BCUT2D eigenvalue weighted by molar-refractivity contribution is 0.318. The van der Waals surface area contributed by atoms with Crippen molar-refractivity contribution in [2.75, 3.05) is 0 Å². The lowest BCUT2D eigenvalue weighted by atomic mass is 10.2. The maximum atomic E-state index is 8.61. The van der Waals surface area contributed by atoms with E-state index in [4.69, 9.17) is 10.9 Å². The molecule has 6 heteroatoms. The van der Waals surface area contributed by atoms with Crippen molar-refractivity contribution in [3.8, 4) is 5.69 Å². The average Bonchev–Trinajstić information content (AvgIpc) is 2.71. The zero-order valence-electron chi connectivity index (χ0n) is 9.62. The molecule has 0 aliphatic carbocycles. The molecule has 1 aromatic carbocycles. The van der Waals surface area contributed by atoms with Gasteiger partial charge >= 0.3 is 0 Å². The van der Waals surface area contributed by atoms with E-state index in [1.54, 1.807) is 4.68 Å². The largest absolute Gasteiger partial charge is 0.409 e. The Balaban J connectivity index is 2.47. The highest BCUT2D eigenvalue weighted by atomic mass is 16.4. The van der Waals surface area contributed by atoms with Crippen molar-refractivity contribution in [3.63, 3.8) is 0 Å². The molecule has 1 aromatic heterocycles. The van der Waals surface area contributed by atoms with E-state index in [-0.39, 0.29) is 5.84 Å². The fourth-order valence-electron chi connectivity index (χ4n) is 1.54. The van der Waals surface area contributed by atoms with Crippen LogP contribution in [0.4, 0.5) is 0 Å². The molecule has 1 heterocycles. The van der Waals surface area contributed by atoms with Crippen LogP contribution in [0.1, 0.15) is 17.0 Å². The van der Waals surface area contributed by atoms with Crippen LogP contribution in [-0.4, -0.2) is 26.0 Å². The molecule has 0 fully saturated rings. The van der Waals surface area contributed by atoms with Crippen LogP contribution in [0.25, 0.3) is 5.69 Å². The number of rotatable bonds is 2. The Labute approximate surface area is 98.4 Å². The first-order valence-electron chi connectivity index (χ1n) is 5.10. The van der Waals surface area contributed by atoms with Crippen LogP contribution in [0.3, 0.4) is 0 Å². The Morgan fingerprint density at radius 2 is 1.94 bits per heavy atom. The molecular formula is C11H13N5O. The van der Waals surface area contributed by atoms with Crippen molar-refractivity contribution in [3.05, 3.63) is 41.2 Å². The standard InChI is InChI=1S/C11H13N5O/c1-7-3-5-9(6-4-7)16-8(2)10(13-15-16)11(12)14-17/h3-6,17H,1-2H3,(H2,12,14). The van der Waals surface area contributed by atoms with Gasteiger partial charge in [-0.3, -0.25) is 0 Å². The lowest BCUT2D eigenvalue weighted by Crippen LogP contribution is -2.15. The molecule has 0 atom stereocenters. The number of nitrogens with two attached hydrogens (primary N) is 1. The summed E-state index contributed by atoms with van der Waals surface area (Å²) in [7, 11) is 0. The molecule has 0 unspecified atom stereocenters. The summed E-state index contributed by atoms with van der Waals surface area (Å²) in [5.74, 6) is -0.0409. The number of oxime groups is 1. The number of hydrogen-bond donors (Lipinski definition) is 2. The maximum absolute atomic E-state index is 8.61. The molecule has 0 bridgehead atoms. The predicted octanol–water partition coefficient (Wildman–Crippen LogP) is 0.979. The van der Waals surface area contributed by atoms with Gasteiger partial charge in [-0.15, -0.1) is 5.10 Å².